The predicted octanol–water partition coefficient (Wildman–Crippen LogP) is 7.42. The minimum atomic E-state index is 0.686. The second-order valence-corrected chi connectivity index (χ2v) is 6.94. The highest BCUT2D eigenvalue weighted by Crippen LogP contribution is 2.44. The lowest BCUT2D eigenvalue weighted by Crippen LogP contribution is -1.92. The molecule has 0 amide bonds. The largest absolute Gasteiger partial charge is 0.453 e. The molecular formula is C24H18O2S. The van der Waals surface area contributed by atoms with Crippen molar-refractivity contribution in [3.63, 3.8) is 0 Å². The van der Waals surface area contributed by atoms with Gasteiger partial charge in [0.15, 0.2) is 11.5 Å². The van der Waals surface area contributed by atoms with E-state index in [9.17, 15) is 0 Å². The van der Waals surface area contributed by atoms with Gasteiger partial charge in [0.25, 0.3) is 0 Å². The Kier molecular flexibility index (Phi) is 5.42. The van der Waals surface area contributed by atoms with Gasteiger partial charge in [-0.15, -0.1) is 0 Å². The second kappa shape index (κ2) is 8.47. The van der Waals surface area contributed by atoms with Crippen LogP contribution in [0.1, 0.15) is 0 Å². The lowest BCUT2D eigenvalue weighted by molar-refractivity contribution is 0.411. The van der Waals surface area contributed by atoms with E-state index in [0.717, 1.165) is 21.3 Å². The molecule has 0 atom stereocenters. The highest BCUT2D eigenvalue weighted by Gasteiger charge is 2.14. The van der Waals surface area contributed by atoms with Crippen LogP contribution in [-0.2, 0) is 0 Å². The Morgan fingerprint density at radius 1 is 0.481 bits per heavy atom. The van der Waals surface area contributed by atoms with Crippen molar-refractivity contribution in [2.75, 3.05) is 0 Å². The first kappa shape index (κ1) is 17.3. The molecule has 132 valence electrons. The van der Waals surface area contributed by atoms with E-state index in [1.807, 2.05) is 97.1 Å². The summed E-state index contributed by atoms with van der Waals surface area (Å²) in [5.74, 6) is 2.95. The minimum Gasteiger partial charge on any atom is -0.453 e. The summed E-state index contributed by atoms with van der Waals surface area (Å²) in [6.45, 7) is 0. The molecule has 0 heterocycles. The van der Waals surface area contributed by atoms with Gasteiger partial charge in [0, 0.05) is 4.90 Å². The molecule has 0 aliphatic heterocycles. The highest BCUT2D eigenvalue weighted by molar-refractivity contribution is 7.99. The molecule has 4 aromatic rings. The van der Waals surface area contributed by atoms with Crippen molar-refractivity contribution in [1.29, 1.82) is 0 Å². The molecule has 0 spiro atoms. The summed E-state index contributed by atoms with van der Waals surface area (Å²) >= 11 is 1.65. The fourth-order valence-electron chi connectivity index (χ4n) is 2.59. The summed E-state index contributed by atoms with van der Waals surface area (Å²) in [6, 6.07) is 35.7. The van der Waals surface area contributed by atoms with E-state index in [1.54, 1.807) is 11.8 Å². The maximum Gasteiger partial charge on any atom is 0.183 e. The third-order valence-corrected chi connectivity index (χ3v) is 4.90. The topological polar surface area (TPSA) is 18.5 Å². The standard InChI is InChI=1S/C24H18O2S/c1-4-11-19(12-5-1)25-22-17-10-18-23(27-21-15-8-3-9-16-21)24(22)26-20-13-6-2-7-14-20/h1-18H. The number of hydrogen-bond donors (Lipinski definition) is 0. The molecule has 4 rings (SSSR count). The van der Waals surface area contributed by atoms with Gasteiger partial charge >= 0.3 is 0 Å². The van der Waals surface area contributed by atoms with Crippen LogP contribution in [0.4, 0.5) is 0 Å². The summed E-state index contributed by atoms with van der Waals surface area (Å²) in [7, 11) is 0. The van der Waals surface area contributed by atoms with Gasteiger partial charge in [-0.1, -0.05) is 72.4 Å². The van der Waals surface area contributed by atoms with Crippen LogP contribution in [0, 0.1) is 0 Å². The van der Waals surface area contributed by atoms with Crippen LogP contribution >= 0.6 is 11.8 Å². The third kappa shape index (κ3) is 4.52. The van der Waals surface area contributed by atoms with Crippen LogP contribution in [0.15, 0.2) is 119 Å². The van der Waals surface area contributed by atoms with E-state index in [1.165, 1.54) is 0 Å². The van der Waals surface area contributed by atoms with E-state index in [-0.39, 0.29) is 0 Å². The molecule has 0 fully saturated rings. The van der Waals surface area contributed by atoms with Gasteiger partial charge in [-0.25, -0.2) is 0 Å². The zero-order valence-electron chi connectivity index (χ0n) is 14.6. The van der Waals surface area contributed by atoms with Gasteiger partial charge in [0.1, 0.15) is 11.5 Å². The van der Waals surface area contributed by atoms with Crippen molar-refractivity contribution in [2.45, 2.75) is 9.79 Å². The monoisotopic (exact) mass is 370 g/mol. The van der Waals surface area contributed by atoms with Gasteiger partial charge in [0.2, 0.25) is 0 Å². The van der Waals surface area contributed by atoms with E-state index < -0.39 is 0 Å². The van der Waals surface area contributed by atoms with E-state index in [4.69, 9.17) is 9.47 Å². The molecule has 0 unspecified atom stereocenters. The van der Waals surface area contributed by atoms with Gasteiger partial charge in [0.05, 0.1) is 4.90 Å². The minimum absolute atomic E-state index is 0.686. The highest BCUT2D eigenvalue weighted by atomic mass is 32.2. The molecule has 0 aliphatic rings. The van der Waals surface area contributed by atoms with Crippen LogP contribution in [0.2, 0.25) is 0 Å². The van der Waals surface area contributed by atoms with Crippen molar-refractivity contribution in [3.05, 3.63) is 109 Å². The lowest BCUT2D eigenvalue weighted by atomic mass is 10.3. The Morgan fingerprint density at radius 3 is 1.67 bits per heavy atom. The fourth-order valence-corrected chi connectivity index (χ4v) is 3.52. The number of hydrogen-bond acceptors (Lipinski definition) is 3. The maximum atomic E-state index is 6.24. The van der Waals surface area contributed by atoms with Gasteiger partial charge < -0.3 is 9.47 Å². The summed E-state index contributed by atoms with van der Waals surface area (Å²) in [4.78, 5) is 2.14. The summed E-state index contributed by atoms with van der Waals surface area (Å²) < 4.78 is 12.4. The number of para-hydroxylation sites is 3. The Bertz CT molecular complexity index is 927. The fraction of sp³-hybridized carbons (Fsp3) is 0. The van der Waals surface area contributed by atoms with Crippen LogP contribution in [0.5, 0.6) is 23.0 Å². The van der Waals surface area contributed by atoms with Crippen LogP contribution in [0.25, 0.3) is 0 Å². The molecule has 0 saturated carbocycles. The average Bonchev–Trinajstić information content (AvgIpc) is 2.73. The predicted molar refractivity (Wildman–Crippen MR) is 110 cm³/mol. The molecule has 27 heavy (non-hydrogen) atoms. The smallest absolute Gasteiger partial charge is 0.183 e. The van der Waals surface area contributed by atoms with Crippen LogP contribution in [0.3, 0.4) is 0 Å². The number of benzene rings is 4. The van der Waals surface area contributed by atoms with Crippen molar-refractivity contribution >= 4 is 11.8 Å². The van der Waals surface area contributed by atoms with Crippen molar-refractivity contribution in [3.8, 4) is 23.0 Å². The van der Waals surface area contributed by atoms with E-state index >= 15 is 0 Å². The van der Waals surface area contributed by atoms with Crippen molar-refractivity contribution in [2.24, 2.45) is 0 Å². The quantitative estimate of drug-likeness (QED) is 0.352. The van der Waals surface area contributed by atoms with Gasteiger partial charge in [-0.3, -0.25) is 0 Å². The number of rotatable bonds is 6. The average molecular weight is 370 g/mol. The summed E-state index contributed by atoms with van der Waals surface area (Å²) in [5, 5.41) is 0. The Morgan fingerprint density at radius 2 is 1.04 bits per heavy atom. The third-order valence-electron chi connectivity index (χ3n) is 3.85. The molecule has 0 aromatic heterocycles. The van der Waals surface area contributed by atoms with E-state index in [2.05, 4.69) is 12.1 Å². The summed E-state index contributed by atoms with van der Waals surface area (Å²) in [6.07, 6.45) is 0. The molecule has 0 N–H and O–H groups in total. The number of ether oxygens (including phenoxy) is 2. The van der Waals surface area contributed by atoms with Crippen LogP contribution in [-0.4, -0.2) is 0 Å². The van der Waals surface area contributed by atoms with Crippen molar-refractivity contribution < 1.29 is 9.47 Å². The second-order valence-electron chi connectivity index (χ2n) is 5.83. The molecule has 4 aromatic carbocycles. The molecular weight excluding hydrogens is 352 g/mol. The molecule has 0 saturated heterocycles. The first-order chi connectivity index (χ1) is 13.4. The SMILES string of the molecule is c1ccc(Oc2cccc(Sc3ccccc3)c2Oc2ccccc2)cc1. The maximum absolute atomic E-state index is 6.24. The first-order valence-electron chi connectivity index (χ1n) is 8.70. The van der Waals surface area contributed by atoms with Crippen molar-refractivity contribution in [1.82, 2.24) is 0 Å². The zero-order valence-corrected chi connectivity index (χ0v) is 15.4. The normalized spacial score (nSPS) is 10.4. The van der Waals surface area contributed by atoms with Crippen LogP contribution < -0.4 is 9.47 Å². The summed E-state index contributed by atoms with van der Waals surface area (Å²) in [5.41, 5.74) is 0. The molecule has 0 aliphatic carbocycles. The van der Waals surface area contributed by atoms with E-state index in [0.29, 0.717) is 11.5 Å². The molecule has 0 bridgehead atoms. The Balaban J connectivity index is 1.72. The molecule has 0 radical (unpaired) electrons. The lowest BCUT2D eigenvalue weighted by Gasteiger charge is -2.16. The van der Waals surface area contributed by atoms with Gasteiger partial charge in [-0.05, 0) is 48.5 Å². The Labute approximate surface area is 163 Å². The molecule has 3 heteroatoms. The first-order valence-corrected chi connectivity index (χ1v) is 9.52. The zero-order chi connectivity index (χ0) is 18.3. The molecule has 2 nitrogen and oxygen atoms in total. The van der Waals surface area contributed by atoms with Gasteiger partial charge in [-0.2, -0.15) is 0 Å². The Hall–Kier alpha value is -3.17.